The predicted molar refractivity (Wildman–Crippen MR) is 73.2 cm³/mol. The van der Waals surface area contributed by atoms with Gasteiger partial charge in [0, 0.05) is 0 Å². The Labute approximate surface area is 121 Å². The van der Waals surface area contributed by atoms with Crippen LogP contribution in [0.5, 0.6) is 0 Å². The van der Waals surface area contributed by atoms with Crippen molar-refractivity contribution in [1.29, 1.82) is 0 Å². The van der Waals surface area contributed by atoms with Gasteiger partial charge in [-0.25, -0.2) is 14.3 Å². The maximum Gasteiger partial charge on any atom is 0.360 e. The van der Waals surface area contributed by atoms with Gasteiger partial charge in [0.15, 0.2) is 5.69 Å². The highest BCUT2D eigenvalue weighted by Crippen LogP contribution is 2.13. The predicted octanol–water partition coefficient (Wildman–Crippen LogP) is 1.51. The van der Waals surface area contributed by atoms with Crippen molar-refractivity contribution < 1.29 is 19.4 Å². The van der Waals surface area contributed by atoms with Gasteiger partial charge in [-0.05, 0) is 25.5 Å². The van der Waals surface area contributed by atoms with Crippen LogP contribution in [0.15, 0.2) is 24.3 Å². The molecule has 0 radical (unpaired) electrons. The van der Waals surface area contributed by atoms with Gasteiger partial charge in [0.05, 0.1) is 24.4 Å². The quantitative estimate of drug-likeness (QED) is 0.838. The van der Waals surface area contributed by atoms with E-state index < -0.39 is 11.9 Å². The van der Waals surface area contributed by atoms with Crippen molar-refractivity contribution in [2.75, 3.05) is 6.61 Å². The summed E-state index contributed by atoms with van der Waals surface area (Å²) < 4.78 is 6.37. The summed E-state index contributed by atoms with van der Waals surface area (Å²) in [6.07, 6.45) is 0. The van der Waals surface area contributed by atoms with Crippen LogP contribution in [0.1, 0.15) is 39.0 Å². The molecule has 21 heavy (non-hydrogen) atoms. The number of carbonyl (C=O) groups is 2. The second-order valence-corrected chi connectivity index (χ2v) is 4.36. The summed E-state index contributed by atoms with van der Waals surface area (Å²) in [7, 11) is 0. The number of rotatable bonds is 5. The zero-order valence-electron chi connectivity index (χ0n) is 11.7. The fraction of sp³-hybridized carbons (Fsp3) is 0.286. The molecule has 1 aromatic heterocycles. The number of ether oxygens (including phenoxy) is 1. The molecule has 0 bridgehead atoms. The lowest BCUT2D eigenvalue weighted by atomic mass is 10.1. The van der Waals surface area contributed by atoms with Gasteiger partial charge in [0.25, 0.3) is 0 Å². The molecular formula is C14H15N3O4. The van der Waals surface area contributed by atoms with Crippen LogP contribution in [0.3, 0.4) is 0 Å². The minimum absolute atomic E-state index is 0.143. The van der Waals surface area contributed by atoms with Crippen LogP contribution >= 0.6 is 0 Å². The molecule has 2 aromatic rings. The third kappa shape index (κ3) is 3.07. The van der Waals surface area contributed by atoms with E-state index in [0.29, 0.717) is 11.3 Å². The van der Waals surface area contributed by atoms with E-state index in [1.807, 2.05) is 0 Å². The summed E-state index contributed by atoms with van der Waals surface area (Å²) in [5.41, 5.74) is 1.47. The number of carboxylic acid groups (broad SMARTS) is 1. The van der Waals surface area contributed by atoms with Gasteiger partial charge in [-0.3, -0.25) is 0 Å². The number of aromatic nitrogens is 3. The van der Waals surface area contributed by atoms with Gasteiger partial charge < -0.3 is 9.84 Å². The van der Waals surface area contributed by atoms with Crippen LogP contribution in [-0.4, -0.2) is 38.6 Å². The Morgan fingerprint density at radius 2 is 2.05 bits per heavy atom. The Hall–Kier alpha value is -2.70. The van der Waals surface area contributed by atoms with Gasteiger partial charge in [-0.1, -0.05) is 23.4 Å². The van der Waals surface area contributed by atoms with Crippen molar-refractivity contribution in [3.05, 3.63) is 46.8 Å². The Morgan fingerprint density at radius 1 is 1.33 bits per heavy atom. The van der Waals surface area contributed by atoms with Gasteiger partial charge in [0.2, 0.25) is 0 Å². The summed E-state index contributed by atoms with van der Waals surface area (Å²) in [6.45, 7) is 3.88. The van der Waals surface area contributed by atoms with Crippen LogP contribution in [0.4, 0.5) is 0 Å². The molecule has 7 nitrogen and oxygen atoms in total. The van der Waals surface area contributed by atoms with E-state index in [2.05, 4.69) is 10.3 Å². The van der Waals surface area contributed by atoms with E-state index in [1.54, 1.807) is 32.0 Å². The molecule has 0 aliphatic rings. The monoisotopic (exact) mass is 289 g/mol. The first-order chi connectivity index (χ1) is 10.0. The van der Waals surface area contributed by atoms with Gasteiger partial charge >= 0.3 is 11.9 Å². The van der Waals surface area contributed by atoms with Gasteiger partial charge in [0.1, 0.15) is 0 Å². The molecule has 0 unspecified atom stereocenters. The Kier molecular flexibility index (Phi) is 4.32. The zero-order chi connectivity index (χ0) is 15.4. The fourth-order valence-corrected chi connectivity index (χ4v) is 1.93. The number of carboxylic acids is 1. The number of hydrogen-bond donors (Lipinski definition) is 1. The topological polar surface area (TPSA) is 94.3 Å². The number of benzene rings is 1. The summed E-state index contributed by atoms with van der Waals surface area (Å²) in [5.74, 6) is -1.54. The maximum atomic E-state index is 11.7. The van der Waals surface area contributed by atoms with Crippen molar-refractivity contribution in [3.63, 3.8) is 0 Å². The third-order valence-electron chi connectivity index (χ3n) is 3.02. The van der Waals surface area contributed by atoms with Crippen LogP contribution in [0, 0.1) is 6.92 Å². The number of carbonyl (C=O) groups excluding carboxylic acids is 1. The molecule has 0 fully saturated rings. The summed E-state index contributed by atoms with van der Waals surface area (Å²) in [6, 6.07) is 6.64. The van der Waals surface area contributed by atoms with Crippen LogP contribution in [-0.2, 0) is 11.3 Å². The SMILES string of the molecule is CCOC(=O)c1nnn(Cc2ccccc2C(=O)O)c1C. The van der Waals surface area contributed by atoms with Gasteiger partial charge in [-0.2, -0.15) is 0 Å². The van der Waals surface area contributed by atoms with E-state index in [0.717, 1.165) is 0 Å². The molecule has 0 amide bonds. The van der Waals surface area contributed by atoms with E-state index in [1.165, 1.54) is 10.7 Å². The highest BCUT2D eigenvalue weighted by Gasteiger charge is 2.18. The number of hydrogen-bond acceptors (Lipinski definition) is 5. The first-order valence-electron chi connectivity index (χ1n) is 6.43. The molecular weight excluding hydrogens is 274 g/mol. The van der Waals surface area contributed by atoms with Crippen molar-refractivity contribution in [1.82, 2.24) is 15.0 Å². The minimum atomic E-state index is -1.01. The molecule has 0 atom stereocenters. The number of nitrogens with zero attached hydrogens (tertiary/aromatic N) is 3. The smallest absolute Gasteiger partial charge is 0.360 e. The second kappa shape index (κ2) is 6.17. The molecule has 0 saturated heterocycles. The zero-order valence-corrected chi connectivity index (χ0v) is 11.7. The molecule has 1 aromatic carbocycles. The molecule has 0 spiro atoms. The third-order valence-corrected chi connectivity index (χ3v) is 3.02. The largest absolute Gasteiger partial charge is 0.478 e. The van der Waals surface area contributed by atoms with Crippen LogP contribution in [0.25, 0.3) is 0 Å². The van der Waals surface area contributed by atoms with E-state index >= 15 is 0 Å². The van der Waals surface area contributed by atoms with Crippen molar-refractivity contribution >= 4 is 11.9 Å². The normalized spacial score (nSPS) is 10.4. The van der Waals surface area contributed by atoms with Crippen LogP contribution < -0.4 is 0 Å². The average Bonchev–Trinajstić information content (AvgIpc) is 2.81. The minimum Gasteiger partial charge on any atom is -0.478 e. The molecule has 0 aliphatic heterocycles. The molecule has 0 saturated carbocycles. The second-order valence-electron chi connectivity index (χ2n) is 4.36. The Bertz CT molecular complexity index is 679. The summed E-state index contributed by atoms with van der Waals surface area (Å²) >= 11 is 0. The first kappa shape index (κ1) is 14.7. The van der Waals surface area contributed by atoms with Gasteiger partial charge in [-0.15, -0.1) is 5.10 Å². The van der Waals surface area contributed by atoms with Crippen molar-refractivity contribution in [3.8, 4) is 0 Å². The lowest BCUT2D eigenvalue weighted by molar-refractivity contribution is 0.0518. The highest BCUT2D eigenvalue weighted by molar-refractivity contribution is 5.89. The molecule has 1 N–H and O–H groups in total. The fourth-order valence-electron chi connectivity index (χ4n) is 1.93. The number of aromatic carboxylic acids is 1. The van der Waals surface area contributed by atoms with Crippen LogP contribution in [0.2, 0.25) is 0 Å². The van der Waals surface area contributed by atoms with Crippen molar-refractivity contribution in [2.24, 2.45) is 0 Å². The molecule has 1 heterocycles. The summed E-state index contributed by atoms with van der Waals surface area (Å²) in [5, 5.41) is 16.8. The lowest BCUT2D eigenvalue weighted by Crippen LogP contribution is -2.11. The van der Waals surface area contributed by atoms with E-state index in [-0.39, 0.29) is 24.4 Å². The molecule has 0 aliphatic carbocycles. The molecule has 2 rings (SSSR count). The van der Waals surface area contributed by atoms with Crippen molar-refractivity contribution in [2.45, 2.75) is 20.4 Å². The average molecular weight is 289 g/mol. The first-order valence-corrected chi connectivity index (χ1v) is 6.43. The standard InChI is InChI=1S/C14H15N3O4/c1-3-21-14(20)12-9(2)17(16-15-12)8-10-6-4-5-7-11(10)13(18)19/h4-7H,3,8H2,1-2H3,(H,18,19). The molecule has 7 heteroatoms. The maximum absolute atomic E-state index is 11.7. The Morgan fingerprint density at radius 3 is 2.71 bits per heavy atom. The van der Waals surface area contributed by atoms with E-state index in [4.69, 9.17) is 9.84 Å². The summed E-state index contributed by atoms with van der Waals surface area (Å²) in [4.78, 5) is 22.9. The number of esters is 1. The van der Waals surface area contributed by atoms with E-state index in [9.17, 15) is 9.59 Å². The Balaban J connectivity index is 2.29. The highest BCUT2D eigenvalue weighted by atomic mass is 16.5. The lowest BCUT2D eigenvalue weighted by Gasteiger charge is -2.07. The molecule has 110 valence electrons.